The van der Waals surface area contributed by atoms with Crippen molar-refractivity contribution in [2.45, 2.75) is 32.8 Å². The topological polar surface area (TPSA) is 22.4 Å². The molecular formula is C16H20O2. The molecule has 0 aliphatic carbocycles. The van der Waals surface area contributed by atoms with E-state index in [4.69, 9.17) is 9.15 Å². The first-order valence-corrected chi connectivity index (χ1v) is 6.43. The van der Waals surface area contributed by atoms with Gasteiger partial charge in [0, 0.05) is 12.7 Å². The number of benzene rings is 1. The maximum absolute atomic E-state index is 5.63. The maximum atomic E-state index is 5.63. The van der Waals surface area contributed by atoms with Crippen LogP contribution in [0.3, 0.4) is 0 Å². The van der Waals surface area contributed by atoms with Crippen molar-refractivity contribution in [1.29, 1.82) is 0 Å². The molecule has 2 nitrogen and oxygen atoms in total. The van der Waals surface area contributed by atoms with E-state index in [-0.39, 0.29) is 6.10 Å². The Balaban J connectivity index is 2.34. The summed E-state index contributed by atoms with van der Waals surface area (Å²) in [5.41, 5.74) is 3.58. The number of methoxy groups -OCH3 is 1. The van der Waals surface area contributed by atoms with Crippen molar-refractivity contribution in [3.63, 3.8) is 0 Å². The van der Waals surface area contributed by atoms with Crippen LogP contribution in [0.2, 0.25) is 0 Å². The van der Waals surface area contributed by atoms with E-state index in [9.17, 15) is 0 Å². The van der Waals surface area contributed by atoms with Crippen LogP contribution in [-0.4, -0.2) is 7.11 Å². The third-order valence-electron chi connectivity index (χ3n) is 3.19. The summed E-state index contributed by atoms with van der Waals surface area (Å²) in [5.74, 6) is 0.934. The zero-order valence-electron chi connectivity index (χ0n) is 11.3. The van der Waals surface area contributed by atoms with Gasteiger partial charge in [-0.1, -0.05) is 43.2 Å². The standard InChI is InChI=1S/C16H20O2/c1-4-5-15(17-3)16-14(10-11-18-16)13-8-6-12(2)7-9-13/h6-11,15H,4-5H2,1-3H3/t15-/m0/s1. The third kappa shape index (κ3) is 2.65. The van der Waals surface area contributed by atoms with E-state index >= 15 is 0 Å². The normalized spacial score (nSPS) is 12.6. The average molecular weight is 244 g/mol. The Bertz CT molecular complexity index is 482. The first-order valence-electron chi connectivity index (χ1n) is 6.43. The van der Waals surface area contributed by atoms with Gasteiger partial charge in [-0.15, -0.1) is 0 Å². The number of rotatable bonds is 5. The van der Waals surface area contributed by atoms with Crippen LogP contribution in [0, 0.1) is 6.92 Å². The SMILES string of the molecule is CCC[C@H](OC)c1occc1-c1ccc(C)cc1. The molecule has 0 amide bonds. The molecule has 96 valence electrons. The van der Waals surface area contributed by atoms with Crippen LogP contribution in [0.4, 0.5) is 0 Å². The second-order valence-electron chi connectivity index (χ2n) is 4.58. The minimum Gasteiger partial charge on any atom is -0.466 e. The Morgan fingerprint density at radius 3 is 2.50 bits per heavy atom. The molecular weight excluding hydrogens is 224 g/mol. The zero-order chi connectivity index (χ0) is 13.0. The van der Waals surface area contributed by atoms with Crippen molar-refractivity contribution in [3.8, 4) is 11.1 Å². The minimum atomic E-state index is 0.0429. The fourth-order valence-corrected chi connectivity index (χ4v) is 2.16. The molecule has 0 fully saturated rings. The van der Waals surface area contributed by atoms with Crippen molar-refractivity contribution in [3.05, 3.63) is 47.9 Å². The summed E-state index contributed by atoms with van der Waals surface area (Å²) in [4.78, 5) is 0. The largest absolute Gasteiger partial charge is 0.466 e. The lowest BCUT2D eigenvalue weighted by molar-refractivity contribution is 0.0766. The maximum Gasteiger partial charge on any atom is 0.140 e. The first kappa shape index (κ1) is 12.9. The van der Waals surface area contributed by atoms with Crippen LogP contribution in [0.15, 0.2) is 41.0 Å². The Labute approximate surface area is 109 Å². The van der Waals surface area contributed by atoms with Gasteiger partial charge in [-0.3, -0.25) is 0 Å². The number of aryl methyl sites for hydroxylation is 1. The summed E-state index contributed by atoms with van der Waals surface area (Å²) >= 11 is 0. The van der Waals surface area contributed by atoms with Crippen molar-refractivity contribution in [2.24, 2.45) is 0 Å². The van der Waals surface area contributed by atoms with Crippen molar-refractivity contribution >= 4 is 0 Å². The summed E-state index contributed by atoms with van der Waals surface area (Å²) in [5, 5.41) is 0. The Morgan fingerprint density at radius 2 is 1.89 bits per heavy atom. The second-order valence-corrected chi connectivity index (χ2v) is 4.58. The van der Waals surface area contributed by atoms with Crippen LogP contribution < -0.4 is 0 Å². The Hall–Kier alpha value is -1.54. The third-order valence-corrected chi connectivity index (χ3v) is 3.19. The molecule has 2 heteroatoms. The van der Waals surface area contributed by atoms with Crippen LogP contribution in [-0.2, 0) is 4.74 Å². The van der Waals surface area contributed by atoms with Crippen LogP contribution in [0.25, 0.3) is 11.1 Å². The number of hydrogen-bond donors (Lipinski definition) is 0. The van der Waals surface area contributed by atoms with Gasteiger partial charge in [0.1, 0.15) is 11.9 Å². The molecule has 0 saturated carbocycles. The quantitative estimate of drug-likeness (QED) is 0.757. The summed E-state index contributed by atoms with van der Waals surface area (Å²) in [6.07, 6.45) is 3.84. The fourth-order valence-electron chi connectivity index (χ4n) is 2.16. The van der Waals surface area contributed by atoms with Gasteiger partial charge < -0.3 is 9.15 Å². The summed E-state index contributed by atoms with van der Waals surface area (Å²) in [6, 6.07) is 10.5. The molecule has 0 bridgehead atoms. The molecule has 0 N–H and O–H groups in total. The van der Waals surface area contributed by atoms with E-state index in [0.717, 1.165) is 24.2 Å². The minimum absolute atomic E-state index is 0.0429. The van der Waals surface area contributed by atoms with Gasteiger partial charge in [-0.05, 0) is 25.0 Å². The highest BCUT2D eigenvalue weighted by molar-refractivity contribution is 5.66. The highest BCUT2D eigenvalue weighted by Gasteiger charge is 2.18. The van der Waals surface area contributed by atoms with Crippen molar-refractivity contribution in [2.75, 3.05) is 7.11 Å². The van der Waals surface area contributed by atoms with Crippen LogP contribution in [0.5, 0.6) is 0 Å². The van der Waals surface area contributed by atoms with Crippen molar-refractivity contribution < 1.29 is 9.15 Å². The van der Waals surface area contributed by atoms with Crippen molar-refractivity contribution in [1.82, 2.24) is 0 Å². The molecule has 1 aromatic carbocycles. The molecule has 0 aliphatic heterocycles. The first-order chi connectivity index (χ1) is 8.76. The molecule has 0 spiro atoms. The van der Waals surface area contributed by atoms with E-state index in [1.807, 2.05) is 6.07 Å². The zero-order valence-corrected chi connectivity index (χ0v) is 11.3. The molecule has 2 rings (SSSR count). The number of furan rings is 1. The summed E-state index contributed by atoms with van der Waals surface area (Å²) in [6.45, 7) is 4.25. The van der Waals surface area contributed by atoms with Gasteiger partial charge in [-0.2, -0.15) is 0 Å². The van der Waals surface area contributed by atoms with Gasteiger partial charge in [0.15, 0.2) is 0 Å². The van der Waals surface area contributed by atoms with E-state index in [1.54, 1.807) is 13.4 Å². The molecule has 0 saturated heterocycles. The van der Waals surface area contributed by atoms with Gasteiger partial charge in [-0.25, -0.2) is 0 Å². The Morgan fingerprint density at radius 1 is 1.17 bits per heavy atom. The van der Waals surface area contributed by atoms with Crippen LogP contribution >= 0.6 is 0 Å². The molecule has 1 aromatic heterocycles. The molecule has 18 heavy (non-hydrogen) atoms. The van der Waals surface area contributed by atoms with E-state index in [2.05, 4.69) is 38.1 Å². The Kier molecular flexibility index (Phi) is 4.21. The van der Waals surface area contributed by atoms with Gasteiger partial charge in [0.05, 0.1) is 6.26 Å². The molecule has 2 aromatic rings. The summed E-state index contributed by atoms with van der Waals surface area (Å²) < 4.78 is 11.2. The van der Waals surface area contributed by atoms with E-state index in [1.165, 1.54) is 11.1 Å². The van der Waals surface area contributed by atoms with Gasteiger partial charge in [0.25, 0.3) is 0 Å². The van der Waals surface area contributed by atoms with Crippen LogP contribution in [0.1, 0.15) is 37.2 Å². The van der Waals surface area contributed by atoms with Gasteiger partial charge >= 0.3 is 0 Å². The lowest BCUT2D eigenvalue weighted by atomic mass is 10.0. The highest BCUT2D eigenvalue weighted by atomic mass is 16.5. The predicted molar refractivity (Wildman–Crippen MR) is 73.5 cm³/mol. The van der Waals surface area contributed by atoms with Gasteiger partial charge in [0.2, 0.25) is 0 Å². The smallest absolute Gasteiger partial charge is 0.140 e. The second kappa shape index (κ2) is 5.87. The molecule has 1 atom stereocenters. The predicted octanol–water partition coefficient (Wildman–Crippen LogP) is 4.74. The van der Waals surface area contributed by atoms with E-state index < -0.39 is 0 Å². The molecule has 0 radical (unpaired) electrons. The fraction of sp³-hybridized carbons (Fsp3) is 0.375. The summed E-state index contributed by atoms with van der Waals surface area (Å²) in [7, 11) is 1.74. The monoisotopic (exact) mass is 244 g/mol. The number of ether oxygens (including phenoxy) is 1. The molecule has 1 heterocycles. The lowest BCUT2D eigenvalue weighted by Gasteiger charge is -2.14. The lowest BCUT2D eigenvalue weighted by Crippen LogP contribution is -2.01. The molecule has 0 unspecified atom stereocenters. The molecule has 0 aliphatic rings. The number of hydrogen-bond acceptors (Lipinski definition) is 2. The highest BCUT2D eigenvalue weighted by Crippen LogP contribution is 2.33. The van der Waals surface area contributed by atoms with E-state index in [0.29, 0.717) is 0 Å². The average Bonchev–Trinajstić information content (AvgIpc) is 2.86.